The van der Waals surface area contributed by atoms with Gasteiger partial charge in [0.25, 0.3) is 5.91 Å². The molecule has 94 valence electrons. The molecule has 0 bridgehead atoms. The first-order valence-electron chi connectivity index (χ1n) is 5.33. The summed E-state index contributed by atoms with van der Waals surface area (Å²) in [6.07, 6.45) is 0.816. The summed E-state index contributed by atoms with van der Waals surface area (Å²) >= 11 is 1.41. The third-order valence-corrected chi connectivity index (χ3v) is 3.71. The number of amides is 1. The lowest BCUT2D eigenvalue weighted by Crippen LogP contribution is -2.43. The molecule has 0 aliphatic heterocycles. The van der Waals surface area contributed by atoms with E-state index in [-0.39, 0.29) is 11.7 Å². The number of amidine groups is 1. The van der Waals surface area contributed by atoms with Gasteiger partial charge < -0.3 is 15.8 Å². The van der Waals surface area contributed by atoms with E-state index in [4.69, 9.17) is 10.9 Å². The first kappa shape index (κ1) is 13.5. The minimum absolute atomic E-state index is 0.0236. The lowest BCUT2D eigenvalue weighted by atomic mass is 10.2. The number of hydrogen-bond acceptors (Lipinski definition) is 4. The molecule has 0 aliphatic rings. The van der Waals surface area contributed by atoms with Gasteiger partial charge in [-0.15, -0.1) is 11.3 Å². The van der Waals surface area contributed by atoms with Crippen molar-refractivity contribution in [2.24, 2.45) is 10.9 Å². The number of rotatable bonds is 4. The van der Waals surface area contributed by atoms with E-state index in [1.54, 1.807) is 14.0 Å². The SMILES string of the molecule is CCc1ccsc1C(=O)N(C)C(C)C(N)=NO. The minimum Gasteiger partial charge on any atom is -0.409 e. The summed E-state index contributed by atoms with van der Waals surface area (Å²) in [5.74, 6) is -0.0774. The maximum Gasteiger partial charge on any atom is 0.264 e. The van der Waals surface area contributed by atoms with E-state index < -0.39 is 6.04 Å². The first-order chi connectivity index (χ1) is 8.02. The zero-order valence-corrected chi connectivity index (χ0v) is 11.0. The van der Waals surface area contributed by atoms with Crippen LogP contribution in [0, 0.1) is 0 Å². The number of aryl methyl sites for hydroxylation is 1. The van der Waals surface area contributed by atoms with E-state index >= 15 is 0 Å². The topological polar surface area (TPSA) is 78.9 Å². The lowest BCUT2D eigenvalue weighted by Gasteiger charge is -2.23. The van der Waals surface area contributed by atoms with Crippen LogP contribution >= 0.6 is 11.3 Å². The van der Waals surface area contributed by atoms with Gasteiger partial charge in [-0.2, -0.15) is 0 Å². The van der Waals surface area contributed by atoms with E-state index in [1.807, 2.05) is 18.4 Å². The summed E-state index contributed by atoms with van der Waals surface area (Å²) in [4.78, 5) is 14.4. The predicted molar refractivity (Wildman–Crippen MR) is 68.7 cm³/mol. The maximum atomic E-state index is 12.2. The molecule has 0 aliphatic carbocycles. The lowest BCUT2D eigenvalue weighted by molar-refractivity contribution is 0.0780. The van der Waals surface area contributed by atoms with Crippen LogP contribution in [0.3, 0.4) is 0 Å². The van der Waals surface area contributed by atoms with Crippen LogP contribution in [0.15, 0.2) is 16.6 Å². The number of nitrogens with two attached hydrogens (primary N) is 1. The fourth-order valence-corrected chi connectivity index (χ4v) is 2.40. The fraction of sp³-hybridized carbons (Fsp3) is 0.455. The Hall–Kier alpha value is -1.56. The van der Waals surface area contributed by atoms with Crippen molar-refractivity contribution in [1.29, 1.82) is 0 Å². The van der Waals surface area contributed by atoms with Gasteiger partial charge in [-0.1, -0.05) is 12.1 Å². The smallest absolute Gasteiger partial charge is 0.264 e. The average Bonchev–Trinajstić information content (AvgIpc) is 2.83. The average molecular weight is 255 g/mol. The van der Waals surface area contributed by atoms with Gasteiger partial charge in [-0.3, -0.25) is 4.79 Å². The third kappa shape index (κ3) is 2.76. The summed E-state index contributed by atoms with van der Waals surface area (Å²) < 4.78 is 0. The van der Waals surface area contributed by atoms with Crippen molar-refractivity contribution in [3.05, 3.63) is 21.9 Å². The minimum atomic E-state index is -0.431. The highest BCUT2D eigenvalue weighted by Gasteiger charge is 2.23. The number of carbonyl (C=O) groups is 1. The Kier molecular flexibility index (Phi) is 4.51. The Morgan fingerprint density at radius 2 is 2.35 bits per heavy atom. The molecule has 1 atom stereocenters. The molecule has 17 heavy (non-hydrogen) atoms. The van der Waals surface area contributed by atoms with Crippen LogP contribution in [0.4, 0.5) is 0 Å². The van der Waals surface area contributed by atoms with Crippen molar-refractivity contribution in [2.75, 3.05) is 7.05 Å². The normalized spacial score (nSPS) is 13.5. The van der Waals surface area contributed by atoms with Crippen molar-refractivity contribution in [3.63, 3.8) is 0 Å². The number of carbonyl (C=O) groups excluding carboxylic acids is 1. The second kappa shape index (κ2) is 5.67. The zero-order valence-electron chi connectivity index (χ0n) is 10.2. The van der Waals surface area contributed by atoms with Gasteiger partial charge in [0.1, 0.15) is 0 Å². The number of thiophene rings is 1. The van der Waals surface area contributed by atoms with Gasteiger partial charge >= 0.3 is 0 Å². The van der Waals surface area contributed by atoms with Crippen LogP contribution in [0.25, 0.3) is 0 Å². The molecular weight excluding hydrogens is 238 g/mol. The summed E-state index contributed by atoms with van der Waals surface area (Å²) in [6.45, 7) is 3.72. The standard InChI is InChI=1S/C11H17N3O2S/c1-4-8-5-6-17-9(8)11(15)14(3)7(2)10(12)13-16/h5-7,16H,4H2,1-3H3,(H2,12,13). The molecule has 5 nitrogen and oxygen atoms in total. The van der Waals surface area contributed by atoms with Crippen LogP contribution in [-0.2, 0) is 6.42 Å². The molecular formula is C11H17N3O2S. The highest BCUT2D eigenvalue weighted by atomic mass is 32.1. The number of oxime groups is 1. The molecule has 1 unspecified atom stereocenters. The van der Waals surface area contributed by atoms with Crippen molar-refractivity contribution in [1.82, 2.24) is 4.90 Å². The van der Waals surface area contributed by atoms with Crippen LogP contribution in [0.5, 0.6) is 0 Å². The quantitative estimate of drug-likeness (QED) is 0.370. The van der Waals surface area contributed by atoms with Crippen LogP contribution < -0.4 is 5.73 Å². The Morgan fingerprint density at radius 1 is 1.71 bits per heavy atom. The van der Waals surface area contributed by atoms with Crippen LogP contribution in [0.1, 0.15) is 29.1 Å². The molecule has 1 aromatic heterocycles. The fourth-order valence-electron chi connectivity index (χ4n) is 1.42. The van der Waals surface area contributed by atoms with Gasteiger partial charge in [-0.25, -0.2) is 0 Å². The Morgan fingerprint density at radius 3 is 2.88 bits per heavy atom. The number of nitrogens with zero attached hydrogens (tertiary/aromatic N) is 2. The number of hydrogen-bond donors (Lipinski definition) is 2. The molecule has 0 radical (unpaired) electrons. The number of likely N-dealkylation sites (N-methyl/N-ethyl adjacent to an activating group) is 1. The van der Waals surface area contributed by atoms with E-state index in [2.05, 4.69) is 5.16 Å². The monoisotopic (exact) mass is 255 g/mol. The molecule has 0 fully saturated rings. The van der Waals surface area contributed by atoms with Gasteiger partial charge in [-0.05, 0) is 30.4 Å². The molecule has 1 aromatic rings. The molecule has 1 amide bonds. The first-order valence-corrected chi connectivity index (χ1v) is 6.21. The summed E-state index contributed by atoms with van der Waals surface area (Å²) in [5, 5.41) is 13.4. The van der Waals surface area contributed by atoms with Gasteiger partial charge in [0.05, 0.1) is 10.9 Å². The zero-order chi connectivity index (χ0) is 13.0. The molecule has 3 N–H and O–H groups in total. The molecule has 0 saturated heterocycles. The highest BCUT2D eigenvalue weighted by molar-refractivity contribution is 7.12. The maximum absolute atomic E-state index is 12.2. The third-order valence-electron chi connectivity index (χ3n) is 2.77. The predicted octanol–water partition coefficient (Wildman–Crippen LogP) is 1.52. The van der Waals surface area contributed by atoms with Crippen molar-refractivity contribution in [3.8, 4) is 0 Å². The van der Waals surface area contributed by atoms with E-state index in [9.17, 15) is 4.79 Å². The van der Waals surface area contributed by atoms with Crippen LogP contribution in [0.2, 0.25) is 0 Å². The Labute approximate surface area is 105 Å². The van der Waals surface area contributed by atoms with Gasteiger partial charge in [0.15, 0.2) is 5.84 Å². The van der Waals surface area contributed by atoms with E-state index in [0.717, 1.165) is 12.0 Å². The molecule has 0 saturated carbocycles. The summed E-state index contributed by atoms with van der Waals surface area (Å²) in [6, 6.07) is 1.51. The van der Waals surface area contributed by atoms with E-state index in [0.29, 0.717) is 4.88 Å². The summed E-state index contributed by atoms with van der Waals surface area (Å²) in [5.41, 5.74) is 6.52. The molecule has 1 heterocycles. The molecule has 0 spiro atoms. The molecule has 1 rings (SSSR count). The Balaban J connectivity index is 2.90. The van der Waals surface area contributed by atoms with Crippen molar-refractivity contribution >= 4 is 23.1 Å². The van der Waals surface area contributed by atoms with Crippen LogP contribution in [-0.4, -0.2) is 34.9 Å². The highest BCUT2D eigenvalue weighted by Crippen LogP contribution is 2.19. The van der Waals surface area contributed by atoms with Crippen molar-refractivity contribution in [2.45, 2.75) is 26.3 Å². The van der Waals surface area contributed by atoms with Gasteiger partial charge in [0, 0.05) is 7.05 Å². The second-order valence-corrected chi connectivity index (χ2v) is 4.66. The van der Waals surface area contributed by atoms with Gasteiger partial charge in [0.2, 0.25) is 0 Å². The van der Waals surface area contributed by atoms with Crippen molar-refractivity contribution < 1.29 is 10.0 Å². The molecule has 0 aromatic carbocycles. The summed E-state index contributed by atoms with van der Waals surface area (Å²) in [7, 11) is 1.64. The van der Waals surface area contributed by atoms with E-state index in [1.165, 1.54) is 16.2 Å². The molecule has 6 heteroatoms. The Bertz CT molecular complexity index is 428. The largest absolute Gasteiger partial charge is 0.409 e. The second-order valence-electron chi connectivity index (χ2n) is 3.75.